The Labute approximate surface area is 172 Å². The molecule has 0 aromatic heterocycles. The van der Waals surface area contributed by atoms with Crippen LogP contribution in [0.15, 0.2) is 18.2 Å². The molecule has 0 aliphatic carbocycles. The van der Waals surface area contributed by atoms with E-state index in [9.17, 15) is 20.0 Å². The highest BCUT2D eigenvalue weighted by atomic mass is 16.5. The van der Waals surface area contributed by atoms with Crippen LogP contribution in [0.3, 0.4) is 0 Å². The van der Waals surface area contributed by atoms with Gasteiger partial charge in [-0.05, 0) is 50.3 Å². The number of nitriles is 1. The number of methoxy groups -OCH3 is 2. The van der Waals surface area contributed by atoms with Gasteiger partial charge < -0.3 is 19.3 Å². The molecule has 0 aliphatic rings. The summed E-state index contributed by atoms with van der Waals surface area (Å²) in [6.45, 7) is 7.31. The zero-order chi connectivity index (χ0) is 22.2. The van der Waals surface area contributed by atoms with E-state index in [2.05, 4.69) is 6.07 Å². The molecule has 0 saturated heterocycles. The second-order valence-corrected chi connectivity index (χ2v) is 7.73. The Kier molecular flexibility index (Phi) is 8.96. The molecule has 7 nitrogen and oxygen atoms in total. The third-order valence-corrected chi connectivity index (χ3v) is 4.91. The third-order valence-electron chi connectivity index (χ3n) is 4.91. The number of carbonyl (C=O) groups is 2. The summed E-state index contributed by atoms with van der Waals surface area (Å²) in [5.74, 6) is -1.08. The van der Waals surface area contributed by atoms with Crippen LogP contribution in [0.4, 0.5) is 0 Å². The van der Waals surface area contributed by atoms with E-state index in [1.165, 1.54) is 14.2 Å². The first kappa shape index (κ1) is 24.3. The number of carbonyl (C=O) groups excluding carboxylic acids is 1. The van der Waals surface area contributed by atoms with Crippen LogP contribution in [-0.4, -0.2) is 37.4 Å². The van der Waals surface area contributed by atoms with Crippen LogP contribution in [0.25, 0.3) is 0 Å². The lowest BCUT2D eigenvalue weighted by Crippen LogP contribution is -2.35. The van der Waals surface area contributed by atoms with Crippen molar-refractivity contribution in [3.8, 4) is 17.6 Å². The first-order valence-corrected chi connectivity index (χ1v) is 9.65. The molecule has 2 unspecified atom stereocenters. The van der Waals surface area contributed by atoms with E-state index in [4.69, 9.17) is 14.2 Å². The SMILES string of the molecule is COc1cc(OC)cc(C(C#N)(CCC(=O)O)CC(C(=O)OC(C)C)C(C)C)c1. The number of carboxylic acids is 1. The molecular formula is C22H31NO6. The number of benzene rings is 1. The maximum atomic E-state index is 12.7. The second-order valence-electron chi connectivity index (χ2n) is 7.73. The minimum absolute atomic E-state index is 0.0489. The van der Waals surface area contributed by atoms with E-state index in [0.717, 1.165) is 0 Å². The fourth-order valence-corrected chi connectivity index (χ4v) is 3.22. The summed E-state index contributed by atoms with van der Waals surface area (Å²) in [6, 6.07) is 7.36. The van der Waals surface area contributed by atoms with E-state index in [1.54, 1.807) is 32.0 Å². The minimum atomic E-state index is -1.22. The van der Waals surface area contributed by atoms with E-state index in [1.807, 2.05) is 13.8 Å². The molecule has 1 rings (SSSR count). The van der Waals surface area contributed by atoms with Crippen LogP contribution in [-0.2, 0) is 19.7 Å². The van der Waals surface area contributed by atoms with E-state index >= 15 is 0 Å². The fourth-order valence-electron chi connectivity index (χ4n) is 3.22. The van der Waals surface area contributed by atoms with Crippen molar-refractivity contribution in [1.82, 2.24) is 0 Å². The molecule has 0 aliphatic heterocycles. The monoisotopic (exact) mass is 405 g/mol. The molecule has 0 saturated carbocycles. The van der Waals surface area contributed by atoms with Crippen LogP contribution in [0.5, 0.6) is 11.5 Å². The van der Waals surface area contributed by atoms with Gasteiger partial charge in [0.15, 0.2) is 0 Å². The van der Waals surface area contributed by atoms with Gasteiger partial charge in [-0.25, -0.2) is 0 Å². The predicted octanol–water partition coefficient (Wildman–Crippen LogP) is 3.94. The van der Waals surface area contributed by atoms with Gasteiger partial charge in [-0.3, -0.25) is 9.59 Å². The molecule has 0 spiro atoms. The maximum Gasteiger partial charge on any atom is 0.309 e. The molecule has 0 amide bonds. The molecule has 1 N–H and O–H groups in total. The number of rotatable bonds is 11. The van der Waals surface area contributed by atoms with Crippen LogP contribution < -0.4 is 9.47 Å². The lowest BCUT2D eigenvalue weighted by molar-refractivity contribution is -0.154. The molecule has 160 valence electrons. The number of esters is 1. The molecule has 7 heteroatoms. The Morgan fingerprint density at radius 2 is 1.66 bits per heavy atom. The molecular weight excluding hydrogens is 374 g/mol. The summed E-state index contributed by atoms with van der Waals surface area (Å²) in [5.41, 5.74) is -0.661. The average Bonchev–Trinajstić information content (AvgIpc) is 2.66. The number of nitrogens with zero attached hydrogens (tertiary/aromatic N) is 1. The van der Waals surface area contributed by atoms with Crippen LogP contribution in [0.1, 0.15) is 52.5 Å². The molecule has 1 aromatic carbocycles. The van der Waals surface area contributed by atoms with Gasteiger partial charge in [0, 0.05) is 12.5 Å². The third kappa shape index (κ3) is 6.67. The minimum Gasteiger partial charge on any atom is -0.497 e. The predicted molar refractivity (Wildman–Crippen MR) is 108 cm³/mol. The largest absolute Gasteiger partial charge is 0.497 e. The number of hydrogen-bond donors (Lipinski definition) is 1. The van der Waals surface area contributed by atoms with E-state index < -0.39 is 17.3 Å². The second kappa shape index (κ2) is 10.7. The van der Waals surface area contributed by atoms with Gasteiger partial charge in [-0.15, -0.1) is 0 Å². The van der Waals surface area contributed by atoms with Crippen molar-refractivity contribution in [2.75, 3.05) is 14.2 Å². The van der Waals surface area contributed by atoms with E-state index in [0.29, 0.717) is 17.1 Å². The zero-order valence-corrected chi connectivity index (χ0v) is 18.0. The van der Waals surface area contributed by atoms with Gasteiger partial charge in [-0.2, -0.15) is 5.26 Å². The lowest BCUT2D eigenvalue weighted by Gasteiger charge is -2.32. The highest BCUT2D eigenvalue weighted by Gasteiger charge is 2.40. The number of ether oxygens (including phenoxy) is 3. The summed E-state index contributed by atoms with van der Waals surface area (Å²) in [6.07, 6.45) is -0.308. The Balaban J connectivity index is 3.50. The molecule has 29 heavy (non-hydrogen) atoms. The summed E-state index contributed by atoms with van der Waals surface area (Å²) >= 11 is 0. The topological polar surface area (TPSA) is 106 Å². The summed E-state index contributed by atoms with van der Waals surface area (Å²) in [7, 11) is 3.00. The van der Waals surface area contributed by atoms with Crippen molar-refractivity contribution in [1.29, 1.82) is 5.26 Å². The summed E-state index contributed by atoms with van der Waals surface area (Å²) < 4.78 is 16.0. The van der Waals surface area contributed by atoms with Gasteiger partial charge >= 0.3 is 11.9 Å². The molecule has 2 atom stereocenters. The fraction of sp³-hybridized carbons (Fsp3) is 0.591. The van der Waals surface area contributed by atoms with Crippen molar-refractivity contribution in [2.24, 2.45) is 11.8 Å². The van der Waals surface area contributed by atoms with Crippen molar-refractivity contribution >= 4 is 11.9 Å². The van der Waals surface area contributed by atoms with Gasteiger partial charge in [0.1, 0.15) is 11.5 Å². The summed E-state index contributed by atoms with van der Waals surface area (Å²) in [4.78, 5) is 24.0. The van der Waals surface area contributed by atoms with Crippen molar-refractivity contribution in [2.45, 2.75) is 58.5 Å². The highest BCUT2D eigenvalue weighted by Crippen LogP contribution is 2.41. The average molecular weight is 405 g/mol. The first-order valence-electron chi connectivity index (χ1n) is 9.65. The smallest absolute Gasteiger partial charge is 0.309 e. The molecule has 0 bridgehead atoms. The Bertz CT molecular complexity index is 730. The maximum absolute atomic E-state index is 12.7. The molecule has 1 aromatic rings. The quantitative estimate of drug-likeness (QED) is 0.556. The zero-order valence-electron chi connectivity index (χ0n) is 18.0. The van der Waals surface area contributed by atoms with Gasteiger partial charge in [0.2, 0.25) is 0 Å². The Morgan fingerprint density at radius 1 is 1.10 bits per heavy atom. The van der Waals surface area contributed by atoms with Crippen LogP contribution in [0, 0.1) is 23.2 Å². The number of hydrogen-bond acceptors (Lipinski definition) is 6. The molecule has 0 radical (unpaired) electrons. The number of carboxylic acid groups (broad SMARTS) is 1. The number of aliphatic carboxylic acids is 1. The van der Waals surface area contributed by atoms with Crippen LogP contribution in [0.2, 0.25) is 0 Å². The van der Waals surface area contributed by atoms with Crippen molar-refractivity contribution < 1.29 is 28.9 Å². The lowest BCUT2D eigenvalue weighted by atomic mass is 9.69. The van der Waals surface area contributed by atoms with E-state index in [-0.39, 0.29) is 37.3 Å². The molecule has 0 heterocycles. The van der Waals surface area contributed by atoms with Crippen molar-refractivity contribution in [3.63, 3.8) is 0 Å². The normalized spacial score (nSPS) is 14.0. The van der Waals surface area contributed by atoms with Gasteiger partial charge in [-0.1, -0.05) is 13.8 Å². The van der Waals surface area contributed by atoms with Crippen LogP contribution >= 0.6 is 0 Å². The first-order chi connectivity index (χ1) is 13.6. The Hall–Kier alpha value is -2.75. The molecule has 0 fully saturated rings. The summed E-state index contributed by atoms with van der Waals surface area (Å²) in [5, 5.41) is 19.4. The van der Waals surface area contributed by atoms with Crippen molar-refractivity contribution in [3.05, 3.63) is 23.8 Å². The highest BCUT2D eigenvalue weighted by molar-refractivity contribution is 5.73. The standard InChI is InChI=1S/C22H31NO6/c1-14(2)19(21(26)29-15(3)4)12-22(13-23,8-7-20(24)25)16-9-17(27-5)11-18(10-16)28-6/h9-11,14-15,19H,7-8,12H2,1-6H3,(H,24,25). The van der Waals surface area contributed by atoms with Gasteiger partial charge in [0.05, 0.1) is 37.7 Å². The van der Waals surface area contributed by atoms with Gasteiger partial charge in [0.25, 0.3) is 0 Å². The Morgan fingerprint density at radius 3 is 2.03 bits per heavy atom.